The highest BCUT2D eigenvalue weighted by Gasteiger charge is 2.27. The van der Waals surface area contributed by atoms with Crippen LogP contribution < -0.4 is 0 Å². The molecule has 1 aliphatic heterocycles. The minimum Gasteiger partial charge on any atom is -0.289 e. The molecule has 1 aromatic heterocycles. The Balaban J connectivity index is 1.65. The highest BCUT2D eigenvalue weighted by Crippen LogP contribution is 2.41. The number of fused-ring (bicyclic) bond motifs is 1. The molecule has 1 fully saturated rings. The Bertz CT molecular complexity index is 713. The lowest BCUT2D eigenvalue weighted by Gasteiger charge is -2.16. The minimum absolute atomic E-state index is 0.153. The molecule has 20 heavy (non-hydrogen) atoms. The SMILES string of the molecule is O=C1/C(=C/c2csc(C3CC3)n2)CSc2ccccc21. The standard InChI is InChI=1S/C16H13NOS2/c18-15-11(8-19-14-4-2-1-3-13(14)15)7-12-9-20-16(17-12)10-5-6-10/h1-4,7,9-10H,5-6,8H2/b11-7+. The number of thioether (sulfide) groups is 1. The summed E-state index contributed by atoms with van der Waals surface area (Å²) in [5.74, 6) is 1.58. The fourth-order valence-corrected chi connectivity index (χ4v) is 4.31. The average molecular weight is 299 g/mol. The highest BCUT2D eigenvalue weighted by atomic mass is 32.2. The van der Waals surface area contributed by atoms with E-state index in [1.807, 2.05) is 30.3 Å². The van der Waals surface area contributed by atoms with Gasteiger partial charge in [0.25, 0.3) is 0 Å². The second-order valence-corrected chi connectivity index (χ2v) is 7.08. The van der Waals surface area contributed by atoms with Gasteiger partial charge >= 0.3 is 0 Å². The van der Waals surface area contributed by atoms with Gasteiger partial charge in [0.05, 0.1) is 10.7 Å². The van der Waals surface area contributed by atoms with Crippen molar-refractivity contribution in [2.24, 2.45) is 0 Å². The second-order valence-electron chi connectivity index (χ2n) is 5.17. The largest absolute Gasteiger partial charge is 0.289 e. The molecule has 2 heterocycles. The van der Waals surface area contributed by atoms with E-state index in [1.165, 1.54) is 17.8 Å². The number of nitrogens with zero attached hydrogens (tertiary/aromatic N) is 1. The van der Waals surface area contributed by atoms with E-state index in [9.17, 15) is 4.79 Å². The lowest BCUT2D eigenvalue weighted by molar-refractivity contribution is 0.103. The molecule has 1 aliphatic carbocycles. The molecule has 0 unspecified atom stereocenters. The molecule has 100 valence electrons. The van der Waals surface area contributed by atoms with E-state index in [0.29, 0.717) is 5.92 Å². The van der Waals surface area contributed by atoms with Crippen LogP contribution in [0.1, 0.15) is 39.8 Å². The van der Waals surface area contributed by atoms with E-state index in [0.717, 1.165) is 27.5 Å². The average Bonchev–Trinajstić information content (AvgIpc) is 3.23. The van der Waals surface area contributed by atoms with Crippen LogP contribution in [-0.2, 0) is 0 Å². The van der Waals surface area contributed by atoms with E-state index in [-0.39, 0.29) is 5.78 Å². The number of hydrogen-bond donors (Lipinski definition) is 0. The zero-order valence-electron chi connectivity index (χ0n) is 10.8. The number of Topliss-reactive ketones (excluding diaryl/α,β-unsaturated/α-hetero) is 1. The van der Waals surface area contributed by atoms with Crippen molar-refractivity contribution in [1.82, 2.24) is 4.98 Å². The summed E-state index contributed by atoms with van der Waals surface area (Å²) in [7, 11) is 0. The monoisotopic (exact) mass is 299 g/mol. The summed E-state index contributed by atoms with van der Waals surface area (Å²) < 4.78 is 0. The summed E-state index contributed by atoms with van der Waals surface area (Å²) in [6.45, 7) is 0. The maximum Gasteiger partial charge on any atom is 0.191 e. The first-order valence-electron chi connectivity index (χ1n) is 6.74. The molecule has 0 bridgehead atoms. The predicted octanol–water partition coefficient (Wildman–Crippen LogP) is 4.39. The van der Waals surface area contributed by atoms with Crippen LogP contribution in [0.15, 0.2) is 40.1 Å². The zero-order chi connectivity index (χ0) is 13.5. The molecule has 2 aliphatic rings. The van der Waals surface area contributed by atoms with Crippen LogP contribution in [0.25, 0.3) is 6.08 Å². The Kier molecular flexibility index (Phi) is 3.00. The first-order chi connectivity index (χ1) is 9.81. The lowest BCUT2D eigenvalue weighted by atomic mass is 10.0. The van der Waals surface area contributed by atoms with Gasteiger partial charge in [-0.05, 0) is 31.1 Å². The third-order valence-electron chi connectivity index (χ3n) is 3.59. The summed E-state index contributed by atoms with van der Waals surface area (Å²) in [6.07, 6.45) is 4.50. The van der Waals surface area contributed by atoms with Gasteiger partial charge in [-0.15, -0.1) is 23.1 Å². The first-order valence-corrected chi connectivity index (χ1v) is 8.60. The molecule has 0 N–H and O–H groups in total. The van der Waals surface area contributed by atoms with Gasteiger partial charge in [0, 0.05) is 33.1 Å². The Hall–Kier alpha value is -1.39. The molecule has 0 saturated heterocycles. The quantitative estimate of drug-likeness (QED) is 0.770. The number of rotatable bonds is 2. The van der Waals surface area contributed by atoms with E-state index in [1.54, 1.807) is 23.1 Å². The van der Waals surface area contributed by atoms with Crippen LogP contribution in [0, 0.1) is 0 Å². The Morgan fingerprint density at radius 1 is 1.25 bits per heavy atom. The summed E-state index contributed by atoms with van der Waals surface area (Å²) in [5.41, 5.74) is 2.63. The number of ketones is 1. The van der Waals surface area contributed by atoms with Crippen LogP contribution in [0.3, 0.4) is 0 Å². The molecule has 0 atom stereocenters. The molecule has 0 spiro atoms. The molecule has 2 aromatic rings. The van der Waals surface area contributed by atoms with Gasteiger partial charge in [0.1, 0.15) is 0 Å². The van der Waals surface area contributed by atoms with E-state index < -0.39 is 0 Å². The number of aromatic nitrogens is 1. The molecule has 4 rings (SSSR count). The molecule has 0 amide bonds. The molecule has 4 heteroatoms. The van der Waals surface area contributed by atoms with Gasteiger partial charge in [0.15, 0.2) is 5.78 Å². The first kappa shape index (κ1) is 12.4. The zero-order valence-corrected chi connectivity index (χ0v) is 12.5. The highest BCUT2D eigenvalue weighted by molar-refractivity contribution is 7.99. The van der Waals surface area contributed by atoms with Crippen molar-refractivity contribution in [3.63, 3.8) is 0 Å². The third kappa shape index (κ3) is 2.23. The van der Waals surface area contributed by atoms with Crippen molar-refractivity contribution < 1.29 is 4.79 Å². The van der Waals surface area contributed by atoms with Crippen LogP contribution in [0.4, 0.5) is 0 Å². The number of benzene rings is 1. The number of carbonyl (C=O) groups is 1. The van der Waals surface area contributed by atoms with Crippen molar-refractivity contribution in [3.8, 4) is 0 Å². The normalized spacial score (nSPS) is 20.2. The smallest absolute Gasteiger partial charge is 0.191 e. The van der Waals surface area contributed by atoms with Crippen molar-refractivity contribution in [2.75, 3.05) is 5.75 Å². The van der Waals surface area contributed by atoms with Gasteiger partial charge in [-0.3, -0.25) is 4.79 Å². The molecule has 2 nitrogen and oxygen atoms in total. The van der Waals surface area contributed by atoms with Gasteiger partial charge < -0.3 is 0 Å². The molecular weight excluding hydrogens is 286 g/mol. The lowest BCUT2D eigenvalue weighted by Crippen LogP contribution is -2.12. The maximum atomic E-state index is 12.5. The Morgan fingerprint density at radius 3 is 2.95 bits per heavy atom. The summed E-state index contributed by atoms with van der Waals surface area (Å²) in [5, 5.41) is 3.30. The molecule has 1 aromatic carbocycles. The van der Waals surface area contributed by atoms with Crippen molar-refractivity contribution >= 4 is 35.0 Å². The van der Waals surface area contributed by atoms with Crippen molar-refractivity contribution in [1.29, 1.82) is 0 Å². The molecule has 1 saturated carbocycles. The predicted molar refractivity (Wildman–Crippen MR) is 83.6 cm³/mol. The van der Waals surface area contributed by atoms with E-state index in [2.05, 4.69) is 10.4 Å². The fraction of sp³-hybridized carbons (Fsp3) is 0.250. The summed E-state index contributed by atoms with van der Waals surface area (Å²) >= 11 is 3.45. The van der Waals surface area contributed by atoms with Crippen LogP contribution >= 0.6 is 23.1 Å². The van der Waals surface area contributed by atoms with Gasteiger partial charge in [0.2, 0.25) is 0 Å². The van der Waals surface area contributed by atoms with Crippen molar-refractivity contribution in [3.05, 3.63) is 51.5 Å². The number of carbonyl (C=O) groups excluding carboxylic acids is 1. The third-order valence-corrected chi connectivity index (χ3v) is 5.74. The van der Waals surface area contributed by atoms with Gasteiger partial charge in [-0.1, -0.05) is 12.1 Å². The van der Waals surface area contributed by atoms with Gasteiger partial charge in [-0.2, -0.15) is 0 Å². The number of hydrogen-bond acceptors (Lipinski definition) is 4. The van der Waals surface area contributed by atoms with Crippen LogP contribution in [0.5, 0.6) is 0 Å². The Morgan fingerprint density at radius 2 is 2.10 bits per heavy atom. The maximum absolute atomic E-state index is 12.5. The van der Waals surface area contributed by atoms with Crippen LogP contribution in [-0.4, -0.2) is 16.5 Å². The topological polar surface area (TPSA) is 30.0 Å². The fourth-order valence-electron chi connectivity index (χ4n) is 2.34. The summed E-state index contributed by atoms with van der Waals surface area (Å²) in [4.78, 5) is 18.2. The summed E-state index contributed by atoms with van der Waals surface area (Å²) in [6, 6.07) is 7.83. The molecule has 0 radical (unpaired) electrons. The number of thiazole rings is 1. The minimum atomic E-state index is 0.153. The Labute approximate surface area is 125 Å². The molecular formula is C16H13NOS2. The van der Waals surface area contributed by atoms with Gasteiger partial charge in [-0.25, -0.2) is 4.98 Å². The second kappa shape index (κ2) is 4.86. The van der Waals surface area contributed by atoms with E-state index in [4.69, 9.17) is 0 Å². The van der Waals surface area contributed by atoms with Crippen LogP contribution in [0.2, 0.25) is 0 Å². The van der Waals surface area contributed by atoms with E-state index >= 15 is 0 Å². The van der Waals surface area contributed by atoms with Crippen molar-refractivity contribution in [2.45, 2.75) is 23.7 Å².